The molecule has 1 unspecified atom stereocenters. The summed E-state index contributed by atoms with van der Waals surface area (Å²) in [6.07, 6.45) is 0. The molecule has 1 aromatic rings. The maximum atomic E-state index is 12.9. The van der Waals surface area contributed by atoms with Crippen LogP contribution < -0.4 is 4.74 Å². The molecular weight excluding hydrogens is 279 g/mol. The predicted octanol–water partition coefficient (Wildman–Crippen LogP) is 1.50. The average Bonchev–Trinajstić information content (AvgIpc) is 2.43. The monoisotopic (exact) mass is 292 g/mol. The summed E-state index contributed by atoms with van der Waals surface area (Å²) in [7, 11) is 0. The zero-order valence-corrected chi connectivity index (χ0v) is 11.3. The minimum Gasteiger partial charge on any atom is -0.482 e. The third kappa shape index (κ3) is 5.40. The van der Waals surface area contributed by atoms with E-state index in [0.717, 1.165) is 6.07 Å². The van der Waals surface area contributed by atoms with Crippen LogP contribution in [-0.4, -0.2) is 30.7 Å². The number of nitrogens with zero attached hydrogens (tertiary/aromatic N) is 1. The lowest BCUT2D eigenvalue weighted by atomic mass is 10.0. The fourth-order valence-electron chi connectivity index (χ4n) is 1.39. The molecule has 0 fully saturated rings. The summed E-state index contributed by atoms with van der Waals surface area (Å²) < 4.78 is 22.5. The molecule has 0 aliphatic heterocycles. The van der Waals surface area contributed by atoms with Gasteiger partial charge in [0.25, 0.3) is 0 Å². The van der Waals surface area contributed by atoms with Crippen molar-refractivity contribution in [3.63, 3.8) is 0 Å². The van der Waals surface area contributed by atoms with E-state index in [1.54, 1.807) is 6.07 Å². The molecule has 1 aromatic carbocycles. The predicted molar refractivity (Wildman–Crippen MR) is 70.4 cm³/mol. The second-order valence-electron chi connectivity index (χ2n) is 4.12. The number of carbonyl (C=O) groups is 2. The van der Waals surface area contributed by atoms with E-state index in [0.29, 0.717) is 0 Å². The number of halogens is 1. The van der Waals surface area contributed by atoms with Crippen LogP contribution >= 0.6 is 0 Å². The highest BCUT2D eigenvalue weighted by molar-refractivity contribution is 6.06. The first-order chi connectivity index (χ1) is 9.93. The second kappa shape index (κ2) is 7.75. The van der Waals surface area contributed by atoms with Crippen molar-refractivity contribution in [2.75, 3.05) is 13.2 Å². The van der Waals surface area contributed by atoms with Crippen molar-refractivity contribution in [1.82, 2.24) is 0 Å². The molecule has 0 heterocycles. The van der Waals surface area contributed by atoms with Crippen molar-refractivity contribution < 1.29 is 23.5 Å². The Morgan fingerprint density at radius 1 is 1.43 bits per heavy atom. The lowest BCUT2D eigenvalue weighted by Crippen LogP contribution is -2.27. The van der Waals surface area contributed by atoms with Crippen molar-refractivity contribution >= 4 is 17.5 Å². The van der Waals surface area contributed by atoms with Gasteiger partial charge < -0.3 is 14.9 Å². The molecule has 1 N–H and O–H groups in total. The molecule has 0 aromatic heterocycles. The molecule has 0 saturated heterocycles. The van der Waals surface area contributed by atoms with Gasteiger partial charge in [-0.2, -0.15) is 5.26 Å². The fourth-order valence-corrected chi connectivity index (χ4v) is 1.39. The highest BCUT2D eigenvalue weighted by atomic mass is 19.1. The Morgan fingerprint density at radius 3 is 2.71 bits per heavy atom. The molecule has 1 rings (SSSR count). The number of rotatable bonds is 7. The zero-order valence-electron chi connectivity index (χ0n) is 11.3. The number of nitriles is 1. The van der Waals surface area contributed by atoms with E-state index < -0.39 is 36.7 Å². The molecule has 0 radical (unpaired) electrons. The molecule has 0 aliphatic rings. The molecule has 21 heavy (non-hydrogen) atoms. The molecule has 0 bridgehead atoms. The quantitative estimate of drug-likeness (QED) is 0.606. The van der Waals surface area contributed by atoms with Gasteiger partial charge in [0, 0.05) is 11.8 Å². The molecule has 7 heteroatoms. The Morgan fingerprint density at radius 2 is 2.14 bits per heavy atom. The number of hydrogen-bond donors (Lipinski definition) is 1. The van der Waals surface area contributed by atoms with Crippen LogP contribution in [0.4, 0.5) is 4.39 Å². The summed E-state index contributed by atoms with van der Waals surface area (Å²) in [4.78, 5) is 22.9. The van der Waals surface area contributed by atoms with Crippen LogP contribution in [-0.2, 0) is 14.3 Å². The van der Waals surface area contributed by atoms with Crippen molar-refractivity contribution in [2.45, 2.75) is 6.92 Å². The highest BCUT2D eigenvalue weighted by Crippen LogP contribution is 2.11. The number of benzene rings is 1. The number of hydrogen-bond acceptors (Lipinski definition) is 6. The number of Topliss-reactive ketones (excluding diaryl/α,β-unsaturated/α-hetero) is 1. The summed E-state index contributed by atoms with van der Waals surface area (Å²) >= 11 is 0. The molecule has 0 amide bonds. The number of esters is 1. The molecule has 110 valence electrons. The van der Waals surface area contributed by atoms with Gasteiger partial charge in [0.2, 0.25) is 0 Å². The van der Waals surface area contributed by atoms with Gasteiger partial charge in [0.1, 0.15) is 17.5 Å². The van der Waals surface area contributed by atoms with Crippen LogP contribution in [0.25, 0.3) is 0 Å². The SMILES string of the molecule is CC(=N)C(C#N)C(=O)COC(=O)COc1cccc(F)c1. The van der Waals surface area contributed by atoms with E-state index in [1.807, 2.05) is 0 Å². The minimum absolute atomic E-state index is 0.116. The topological polar surface area (TPSA) is 100 Å². The average molecular weight is 292 g/mol. The summed E-state index contributed by atoms with van der Waals surface area (Å²) in [6, 6.07) is 6.86. The summed E-state index contributed by atoms with van der Waals surface area (Å²) in [6.45, 7) is 0.220. The summed E-state index contributed by atoms with van der Waals surface area (Å²) in [5, 5.41) is 15.9. The van der Waals surface area contributed by atoms with E-state index in [2.05, 4.69) is 4.74 Å². The van der Waals surface area contributed by atoms with E-state index in [4.69, 9.17) is 15.4 Å². The van der Waals surface area contributed by atoms with Gasteiger partial charge >= 0.3 is 5.97 Å². The number of ketones is 1. The van der Waals surface area contributed by atoms with Gasteiger partial charge in [-0.25, -0.2) is 9.18 Å². The highest BCUT2D eigenvalue weighted by Gasteiger charge is 2.21. The van der Waals surface area contributed by atoms with Crippen molar-refractivity contribution in [3.8, 4) is 11.8 Å². The Hall–Kier alpha value is -2.75. The van der Waals surface area contributed by atoms with Gasteiger partial charge in [-0.05, 0) is 19.1 Å². The smallest absolute Gasteiger partial charge is 0.344 e. The Balaban J connectivity index is 2.40. The maximum Gasteiger partial charge on any atom is 0.344 e. The Labute approximate surface area is 120 Å². The lowest BCUT2D eigenvalue weighted by Gasteiger charge is -2.08. The zero-order chi connectivity index (χ0) is 15.8. The third-order valence-corrected chi connectivity index (χ3v) is 2.41. The second-order valence-corrected chi connectivity index (χ2v) is 4.12. The van der Waals surface area contributed by atoms with E-state index >= 15 is 0 Å². The molecular formula is C14H13FN2O4. The number of carbonyl (C=O) groups excluding carboxylic acids is 2. The van der Waals surface area contributed by atoms with Gasteiger partial charge in [-0.3, -0.25) is 4.79 Å². The largest absolute Gasteiger partial charge is 0.482 e. The van der Waals surface area contributed by atoms with Crippen LogP contribution in [0.3, 0.4) is 0 Å². The standard InChI is InChI=1S/C14H13FN2O4/c1-9(17)12(6-16)13(18)7-21-14(19)8-20-11-4-2-3-10(15)5-11/h2-5,12,17H,7-8H2,1H3. The first-order valence-corrected chi connectivity index (χ1v) is 5.95. The van der Waals surface area contributed by atoms with Gasteiger partial charge in [-0.1, -0.05) is 6.07 Å². The lowest BCUT2D eigenvalue weighted by molar-refractivity contribution is -0.150. The van der Waals surface area contributed by atoms with Gasteiger partial charge in [0.15, 0.2) is 19.0 Å². The van der Waals surface area contributed by atoms with Crippen LogP contribution in [0.1, 0.15) is 6.92 Å². The molecule has 0 saturated carbocycles. The Bertz CT molecular complexity index is 595. The van der Waals surface area contributed by atoms with E-state index in [1.165, 1.54) is 25.1 Å². The Kier molecular flexibility index (Phi) is 6.01. The van der Waals surface area contributed by atoms with Gasteiger partial charge in [-0.15, -0.1) is 0 Å². The fraction of sp³-hybridized carbons (Fsp3) is 0.286. The van der Waals surface area contributed by atoms with E-state index in [-0.39, 0.29) is 11.5 Å². The number of nitrogens with one attached hydrogen (secondary N) is 1. The molecule has 0 spiro atoms. The van der Waals surface area contributed by atoms with Crippen molar-refractivity contribution in [3.05, 3.63) is 30.1 Å². The first kappa shape index (κ1) is 16.3. The minimum atomic E-state index is -1.22. The molecule has 0 aliphatic carbocycles. The van der Waals surface area contributed by atoms with Crippen LogP contribution in [0.15, 0.2) is 24.3 Å². The van der Waals surface area contributed by atoms with Crippen LogP contribution in [0, 0.1) is 28.5 Å². The molecule has 6 nitrogen and oxygen atoms in total. The van der Waals surface area contributed by atoms with Crippen molar-refractivity contribution in [2.24, 2.45) is 5.92 Å². The number of ether oxygens (including phenoxy) is 2. The molecule has 1 atom stereocenters. The summed E-state index contributed by atoms with van der Waals surface area (Å²) in [5.74, 6) is -3.07. The third-order valence-electron chi connectivity index (χ3n) is 2.41. The van der Waals surface area contributed by atoms with E-state index in [9.17, 15) is 14.0 Å². The first-order valence-electron chi connectivity index (χ1n) is 5.95. The van der Waals surface area contributed by atoms with Crippen molar-refractivity contribution in [1.29, 1.82) is 10.7 Å². The van der Waals surface area contributed by atoms with Gasteiger partial charge in [0.05, 0.1) is 6.07 Å². The van der Waals surface area contributed by atoms with Crippen LogP contribution in [0.5, 0.6) is 5.75 Å². The maximum absolute atomic E-state index is 12.9. The van der Waals surface area contributed by atoms with Crippen LogP contribution in [0.2, 0.25) is 0 Å². The normalized spacial score (nSPS) is 11.1. The summed E-state index contributed by atoms with van der Waals surface area (Å²) in [5.41, 5.74) is -0.116.